The molecule has 0 aliphatic carbocycles. The Balaban J connectivity index is 1.67. The van der Waals surface area contributed by atoms with Crippen molar-refractivity contribution in [3.8, 4) is 11.5 Å². The molecule has 2 aromatic rings. The molecule has 1 unspecified atom stereocenters. The van der Waals surface area contributed by atoms with Gasteiger partial charge in [0.25, 0.3) is 0 Å². The van der Waals surface area contributed by atoms with E-state index in [0.717, 1.165) is 22.2 Å². The summed E-state index contributed by atoms with van der Waals surface area (Å²) in [6, 6.07) is 5.64. The molecular weight excluding hydrogens is 266 g/mol. The zero-order valence-corrected chi connectivity index (χ0v) is 11.1. The molecule has 0 bridgehead atoms. The second-order valence-electron chi connectivity index (χ2n) is 4.12. The van der Waals surface area contributed by atoms with Gasteiger partial charge in [0.1, 0.15) is 0 Å². The second kappa shape index (κ2) is 5.06. The van der Waals surface area contributed by atoms with E-state index in [4.69, 9.17) is 15.2 Å². The largest absolute Gasteiger partial charge is 0.454 e. The predicted molar refractivity (Wildman–Crippen MR) is 69.0 cm³/mol. The first-order valence-corrected chi connectivity index (χ1v) is 6.73. The van der Waals surface area contributed by atoms with E-state index < -0.39 is 0 Å². The maximum absolute atomic E-state index is 6.16. The Labute approximate surface area is 114 Å². The van der Waals surface area contributed by atoms with Crippen LogP contribution >= 0.6 is 11.8 Å². The van der Waals surface area contributed by atoms with Gasteiger partial charge < -0.3 is 15.2 Å². The molecule has 100 valence electrons. The predicted octanol–water partition coefficient (Wildman–Crippen LogP) is 0.731. The van der Waals surface area contributed by atoms with Gasteiger partial charge in [-0.15, -0.1) is 5.10 Å². The Morgan fingerprint density at radius 1 is 1.42 bits per heavy atom. The number of nitrogens with zero attached hydrogens (tertiary/aromatic N) is 4. The Morgan fingerprint density at radius 2 is 2.26 bits per heavy atom. The van der Waals surface area contributed by atoms with Crippen molar-refractivity contribution in [1.82, 2.24) is 20.2 Å². The second-order valence-corrected chi connectivity index (χ2v) is 5.10. The lowest BCUT2D eigenvalue weighted by Crippen LogP contribution is -2.13. The van der Waals surface area contributed by atoms with Crippen LogP contribution in [0.25, 0.3) is 0 Å². The molecule has 0 saturated heterocycles. The number of rotatable bonds is 4. The van der Waals surface area contributed by atoms with Gasteiger partial charge in [0, 0.05) is 18.8 Å². The summed E-state index contributed by atoms with van der Waals surface area (Å²) in [6.07, 6.45) is 0. The van der Waals surface area contributed by atoms with Gasteiger partial charge >= 0.3 is 0 Å². The molecule has 7 nitrogen and oxygen atoms in total. The normalized spacial score (nSPS) is 14.6. The molecule has 0 spiro atoms. The van der Waals surface area contributed by atoms with Crippen LogP contribution in [0.5, 0.6) is 11.5 Å². The summed E-state index contributed by atoms with van der Waals surface area (Å²) in [5, 5.41) is 12.0. The van der Waals surface area contributed by atoms with E-state index in [1.807, 2.05) is 18.2 Å². The molecule has 0 radical (unpaired) electrons. The number of aryl methyl sites for hydroxylation is 1. The van der Waals surface area contributed by atoms with Crippen LogP contribution in [0.4, 0.5) is 0 Å². The molecule has 8 heteroatoms. The molecule has 1 atom stereocenters. The molecule has 0 amide bonds. The number of ether oxygens (including phenoxy) is 2. The first-order valence-electron chi connectivity index (χ1n) is 5.74. The van der Waals surface area contributed by atoms with Gasteiger partial charge in [-0.25, -0.2) is 4.68 Å². The number of thioether (sulfide) groups is 1. The van der Waals surface area contributed by atoms with E-state index in [1.54, 1.807) is 11.7 Å². The highest BCUT2D eigenvalue weighted by Gasteiger charge is 2.16. The number of aromatic nitrogens is 4. The van der Waals surface area contributed by atoms with Gasteiger partial charge in [0.15, 0.2) is 11.5 Å². The molecule has 2 heterocycles. The van der Waals surface area contributed by atoms with E-state index in [2.05, 4.69) is 15.5 Å². The van der Waals surface area contributed by atoms with Gasteiger partial charge in [-0.1, -0.05) is 17.8 Å². The first kappa shape index (κ1) is 12.2. The van der Waals surface area contributed by atoms with Gasteiger partial charge in [-0.3, -0.25) is 0 Å². The monoisotopic (exact) mass is 279 g/mol. The van der Waals surface area contributed by atoms with Crippen molar-refractivity contribution in [2.24, 2.45) is 12.8 Å². The molecule has 1 aliphatic heterocycles. The van der Waals surface area contributed by atoms with E-state index in [-0.39, 0.29) is 12.8 Å². The van der Waals surface area contributed by atoms with Crippen molar-refractivity contribution in [2.45, 2.75) is 11.2 Å². The van der Waals surface area contributed by atoms with Crippen molar-refractivity contribution in [3.63, 3.8) is 0 Å². The smallest absolute Gasteiger partial charge is 0.231 e. The number of hydrogen-bond donors (Lipinski definition) is 1. The van der Waals surface area contributed by atoms with Crippen LogP contribution in [-0.4, -0.2) is 32.8 Å². The number of benzene rings is 1. The van der Waals surface area contributed by atoms with Crippen molar-refractivity contribution >= 4 is 11.8 Å². The topological polar surface area (TPSA) is 88.1 Å². The summed E-state index contributed by atoms with van der Waals surface area (Å²) in [6.45, 7) is 0.271. The molecule has 3 rings (SSSR count). The van der Waals surface area contributed by atoms with Gasteiger partial charge in [0.05, 0.1) is 0 Å². The van der Waals surface area contributed by atoms with Crippen molar-refractivity contribution in [1.29, 1.82) is 0 Å². The minimum absolute atomic E-state index is 0.115. The van der Waals surface area contributed by atoms with Crippen LogP contribution in [0.15, 0.2) is 23.4 Å². The summed E-state index contributed by atoms with van der Waals surface area (Å²) in [4.78, 5) is 0. The molecule has 1 aliphatic rings. The maximum Gasteiger partial charge on any atom is 0.231 e. The Morgan fingerprint density at radius 3 is 3.05 bits per heavy atom. The Kier molecular flexibility index (Phi) is 3.26. The standard InChI is InChI=1S/C11H13N5O2S/c1-16-11(13-14-15-16)19-5-8(12)7-2-3-9-10(4-7)18-6-17-9/h2-4,8H,5-6,12H2,1H3. The van der Waals surface area contributed by atoms with Crippen LogP contribution in [0.3, 0.4) is 0 Å². The molecule has 1 aromatic heterocycles. The highest BCUT2D eigenvalue weighted by Crippen LogP contribution is 2.34. The van der Waals surface area contributed by atoms with E-state index in [0.29, 0.717) is 5.75 Å². The summed E-state index contributed by atoms with van der Waals surface area (Å²) < 4.78 is 12.2. The van der Waals surface area contributed by atoms with Gasteiger partial charge in [0.2, 0.25) is 11.9 Å². The van der Waals surface area contributed by atoms with Crippen molar-refractivity contribution < 1.29 is 9.47 Å². The fourth-order valence-electron chi connectivity index (χ4n) is 1.75. The first-order chi connectivity index (χ1) is 9.24. The molecular formula is C11H13N5O2S. The molecule has 0 saturated carbocycles. The minimum atomic E-state index is -0.115. The average molecular weight is 279 g/mol. The fourth-order valence-corrected chi connectivity index (χ4v) is 2.59. The lowest BCUT2D eigenvalue weighted by Gasteiger charge is -2.11. The Bertz CT molecular complexity index is 588. The lowest BCUT2D eigenvalue weighted by atomic mass is 10.1. The lowest BCUT2D eigenvalue weighted by molar-refractivity contribution is 0.174. The van der Waals surface area contributed by atoms with Gasteiger partial charge in [-0.05, 0) is 28.1 Å². The average Bonchev–Trinajstić information content (AvgIpc) is 3.03. The third-order valence-electron chi connectivity index (χ3n) is 2.80. The van der Waals surface area contributed by atoms with Crippen LogP contribution in [-0.2, 0) is 7.05 Å². The molecule has 0 fully saturated rings. The third-order valence-corrected chi connectivity index (χ3v) is 3.93. The van der Waals surface area contributed by atoms with Crippen molar-refractivity contribution in [3.05, 3.63) is 23.8 Å². The van der Waals surface area contributed by atoms with Gasteiger partial charge in [-0.2, -0.15) is 0 Å². The molecule has 1 aromatic carbocycles. The number of fused-ring (bicyclic) bond motifs is 1. The summed E-state index contributed by atoms with van der Waals surface area (Å²) in [7, 11) is 1.80. The SMILES string of the molecule is Cn1nnnc1SCC(N)c1ccc2c(c1)OCO2. The zero-order chi connectivity index (χ0) is 13.2. The number of nitrogens with two attached hydrogens (primary N) is 1. The summed E-state index contributed by atoms with van der Waals surface area (Å²) in [5.74, 6) is 2.20. The van der Waals surface area contributed by atoms with Crippen LogP contribution in [0.2, 0.25) is 0 Å². The van der Waals surface area contributed by atoms with Crippen LogP contribution in [0.1, 0.15) is 11.6 Å². The van der Waals surface area contributed by atoms with Crippen molar-refractivity contribution in [2.75, 3.05) is 12.5 Å². The maximum atomic E-state index is 6.16. The van der Waals surface area contributed by atoms with Crippen LogP contribution in [0, 0.1) is 0 Å². The summed E-state index contributed by atoms with van der Waals surface area (Å²) in [5.41, 5.74) is 7.17. The fraction of sp³-hybridized carbons (Fsp3) is 0.364. The number of hydrogen-bond acceptors (Lipinski definition) is 7. The van der Waals surface area contributed by atoms with E-state index in [1.165, 1.54) is 11.8 Å². The molecule has 19 heavy (non-hydrogen) atoms. The Hall–Kier alpha value is -1.80. The molecule has 2 N–H and O–H groups in total. The highest BCUT2D eigenvalue weighted by molar-refractivity contribution is 7.99. The summed E-state index contributed by atoms with van der Waals surface area (Å²) >= 11 is 1.52. The van der Waals surface area contributed by atoms with E-state index in [9.17, 15) is 0 Å². The number of tetrazole rings is 1. The quantitative estimate of drug-likeness (QED) is 0.825. The zero-order valence-electron chi connectivity index (χ0n) is 10.3. The highest BCUT2D eigenvalue weighted by atomic mass is 32.2. The van der Waals surface area contributed by atoms with Crippen LogP contribution < -0.4 is 15.2 Å². The van der Waals surface area contributed by atoms with E-state index >= 15 is 0 Å². The minimum Gasteiger partial charge on any atom is -0.454 e. The third kappa shape index (κ3) is 2.49.